The largest absolute Gasteiger partial charge is 0.371 e. The predicted molar refractivity (Wildman–Crippen MR) is 91.5 cm³/mol. The number of ether oxygens (including phenoxy) is 1. The number of hydrogen-bond acceptors (Lipinski definition) is 5. The Morgan fingerprint density at radius 1 is 1.48 bits per heavy atom. The third-order valence-corrected chi connectivity index (χ3v) is 6.22. The van der Waals surface area contributed by atoms with Crippen molar-refractivity contribution in [2.24, 2.45) is 0 Å². The summed E-state index contributed by atoms with van der Waals surface area (Å²) in [5.74, 6) is 0. The molecule has 1 unspecified atom stereocenters. The summed E-state index contributed by atoms with van der Waals surface area (Å²) < 4.78 is 34.8. The molecule has 1 aliphatic heterocycles. The van der Waals surface area contributed by atoms with Gasteiger partial charge in [0.25, 0.3) is 0 Å². The van der Waals surface area contributed by atoms with Gasteiger partial charge in [0.1, 0.15) is 11.0 Å². The maximum absolute atomic E-state index is 13.0. The maximum atomic E-state index is 13.0. The van der Waals surface area contributed by atoms with Crippen molar-refractivity contribution in [2.75, 3.05) is 19.7 Å². The molecule has 1 aromatic heterocycles. The molecule has 1 atom stereocenters. The van der Waals surface area contributed by atoms with Gasteiger partial charge in [-0.15, -0.1) is 0 Å². The van der Waals surface area contributed by atoms with Gasteiger partial charge in [0.2, 0.25) is 10.0 Å². The lowest BCUT2D eigenvalue weighted by Gasteiger charge is -2.31. The third-order valence-electron chi connectivity index (χ3n) is 4.06. The second kappa shape index (κ2) is 7.14. The van der Waals surface area contributed by atoms with Gasteiger partial charge in [-0.25, -0.2) is 8.42 Å². The molecule has 9 heteroatoms. The van der Waals surface area contributed by atoms with E-state index in [-0.39, 0.29) is 36.3 Å². The van der Waals surface area contributed by atoms with Gasteiger partial charge < -0.3 is 4.74 Å². The Balaban J connectivity index is 1.89. The second-order valence-electron chi connectivity index (χ2n) is 5.60. The Hall–Kier alpha value is -1.92. The highest BCUT2D eigenvalue weighted by atomic mass is 35.5. The van der Waals surface area contributed by atoms with Crippen molar-refractivity contribution in [3.8, 4) is 6.07 Å². The summed E-state index contributed by atoms with van der Waals surface area (Å²) in [5, 5.41) is 13.8. The number of hydrogen-bond donors (Lipinski definition) is 0. The second-order valence-corrected chi connectivity index (χ2v) is 7.95. The zero-order valence-corrected chi connectivity index (χ0v) is 15.2. The average molecular weight is 381 g/mol. The quantitative estimate of drug-likeness (QED) is 0.811. The van der Waals surface area contributed by atoms with Gasteiger partial charge in [0, 0.05) is 36.4 Å². The van der Waals surface area contributed by atoms with Crippen LogP contribution in [0.5, 0.6) is 0 Å². The first kappa shape index (κ1) is 17.9. The van der Waals surface area contributed by atoms with Gasteiger partial charge in [-0.05, 0) is 25.1 Å². The van der Waals surface area contributed by atoms with Crippen LogP contribution in [0, 0.1) is 11.3 Å². The molecule has 0 saturated carbocycles. The summed E-state index contributed by atoms with van der Waals surface area (Å²) in [4.78, 5) is -0.0377. The van der Waals surface area contributed by atoms with E-state index in [1.165, 1.54) is 22.5 Å². The molecule has 132 valence electrons. The van der Waals surface area contributed by atoms with Gasteiger partial charge >= 0.3 is 0 Å². The van der Waals surface area contributed by atoms with Crippen LogP contribution in [0.25, 0.3) is 0 Å². The van der Waals surface area contributed by atoms with Gasteiger partial charge in [0.15, 0.2) is 0 Å². The number of sulfonamides is 1. The zero-order chi connectivity index (χ0) is 18.0. The molecule has 1 fully saturated rings. The molecule has 2 aromatic rings. The molecule has 3 rings (SSSR count). The standard InChI is InChI=1S/C16H17ClN4O3S/c1-2-20-10-13(9-19-20)15-11-21(5-6-24-15)25(22,23)16-4-3-14(17)7-12(16)8-18/h3-4,7,9-10,15H,2,5-6,11H2,1H3. The summed E-state index contributed by atoms with van der Waals surface area (Å²) in [6.07, 6.45) is 3.15. The van der Waals surface area contributed by atoms with Gasteiger partial charge in [0.05, 0.1) is 24.5 Å². The summed E-state index contributed by atoms with van der Waals surface area (Å²) >= 11 is 5.86. The maximum Gasteiger partial charge on any atom is 0.244 e. The van der Waals surface area contributed by atoms with Crippen LogP contribution in [0.2, 0.25) is 5.02 Å². The molecule has 0 radical (unpaired) electrons. The molecule has 1 aliphatic rings. The van der Waals surface area contributed by atoms with E-state index in [1.807, 2.05) is 19.2 Å². The molecule has 1 aromatic carbocycles. The Kier molecular flexibility index (Phi) is 5.11. The highest BCUT2D eigenvalue weighted by Gasteiger charge is 2.33. The van der Waals surface area contributed by atoms with Crippen LogP contribution in [-0.2, 0) is 21.3 Å². The predicted octanol–water partition coefficient (Wildman–Crippen LogP) is 2.19. The Morgan fingerprint density at radius 3 is 2.96 bits per heavy atom. The van der Waals surface area contributed by atoms with Crippen molar-refractivity contribution in [3.63, 3.8) is 0 Å². The van der Waals surface area contributed by atoms with E-state index in [9.17, 15) is 13.7 Å². The smallest absolute Gasteiger partial charge is 0.244 e. The lowest BCUT2D eigenvalue weighted by molar-refractivity contribution is -0.00260. The highest BCUT2D eigenvalue weighted by Crippen LogP contribution is 2.28. The van der Waals surface area contributed by atoms with E-state index in [0.717, 1.165) is 12.1 Å². The third kappa shape index (κ3) is 3.55. The highest BCUT2D eigenvalue weighted by molar-refractivity contribution is 7.89. The van der Waals surface area contributed by atoms with E-state index in [2.05, 4.69) is 5.10 Å². The number of benzene rings is 1. The van der Waals surface area contributed by atoms with E-state index in [1.54, 1.807) is 10.9 Å². The Labute approximate surface area is 151 Å². The van der Waals surface area contributed by atoms with Crippen LogP contribution >= 0.6 is 11.6 Å². The summed E-state index contributed by atoms with van der Waals surface area (Å²) in [7, 11) is -3.82. The molecule has 0 bridgehead atoms. The minimum atomic E-state index is -3.82. The van der Waals surface area contributed by atoms with Crippen LogP contribution < -0.4 is 0 Å². The minimum Gasteiger partial charge on any atom is -0.371 e. The number of rotatable bonds is 4. The molecular formula is C16H17ClN4O3S. The van der Waals surface area contributed by atoms with Gasteiger partial charge in [-0.2, -0.15) is 14.7 Å². The Bertz CT molecular complexity index is 920. The lowest BCUT2D eigenvalue weighted by Crippen LogP contribution is -2.42. The van der Waals surface area contributed by atoms with Crippen molar-refractivity contribution in [3.05, 3.63) is 46.7 Å². The lowest BCUT2D eigenvalue weighted by atomic mass is 10.2. The fraction of sp³-hybridized carbons (Fsp3) is 0.375. The molecule has 0 N–H and O–H groups in total. The Morgan fingerprint density at radius 2 is 2.28 bits per heavy atom. The fourth-order valence-electron chi connectivity index (χ4n) is 2.72. The number of morpholine rings is 1. The number of nitrogens with zero attached hydrogens (tertiary/aromatic N) is 4. The summed E-state index contributed by atoms with van der Waals surface area (Å²) in [5.41, 5.74) is 0.868. The first-order valence-electron chi connectivity index (χ1n) is 7.79. The van der Waals surface area contributed by atoms with Crippen molar-refractivity contribution in [2.45, 2.75) is 24.5 Å². The zero-order valence-electron chi connectivity index (χ0n) is 13.6. The van der Waals surface area contributed by atoms with E-state index < -0.39 is 10.0 Å². The minimum absolute atomic E-state index is 0.0364. The molecule has 25 heavy (non-hydrogen) atoms. The molecular weight excluding hydrogens is 364 g/mol. The van der Waals surface area contributed by atoms with Crippen molar-refractivity contribution < 1.29 is 13.2 Å². The molecule has 2 heterocycles. The van der Waals surface area contributed by atoms with Crippen LogP contribution in [0.1, 0.15) is 24.2 Å². The number of nitriles is 1. The average Bonchev–Trinajstić information content (AvgIpc) is 3.10. The SMILES string of the molecule is CCn1cc(C2CN(S(=O)(=O)c3ccc(Cl)cc3C#N)CCO2)cn1. The topological polar surface area (TPSA) is 88.2 Å². The van der Waals surface area contributed by atoms with Gasteiger partial charge in [-0.3, -0.25) is 4.68 Å². The monoisotopic (exact) mass is 380 g/mol. The van der Waals surface area contributed by atoms with E-state index in [0.29, 0.717) is 5.02 Å². The number of halogens is 1. The van der Waals surface area contributed by atoms with Crippen molar-refractivity contribution in [1.82, 2.24) is 14.1 Å². The molecule has 0 spiro atoms. The van der Waals surface area contributed by atoms with Crippen molar-refractivity contribution >= 4 is 21.6 Å². The number of aromatic nitrogens is 2. The van der Waals surface area contributed by atoms with Crippen molar-refractivity contribution in [1.29, 1.82) is 5.26 Å². The normalized spacial score (nSPS) is 18.8. The number of aryl methyl sites for hydroxylation is 1. The first-order chi connectivity index (χ1) is 12.0. The van der Waals surface area contributed by atoms with E-state index in [4.69, 9.17) is 16.3 Å². The molecule has 7 nitrogen and oxygen atoms in total. The molecule has 0 aliphatic carbocycles. The first-order valence-corrected chi connectivity index (χ1v) is 9.61. The van der Waals surface area contributed by atoms with Crippen LogP contribution in [0.4, 0.5) is 0 Å². The van der Waals surface area contributed by atoms with Gasteiger partial charge in [-0.1, -0.05) is 11.6 Å². The summed E-state index contributed by atoms with van der Waals surface area (Å²) in [6, 6.07) is 6.10. The fourth-order valence-corrected chi connectivity index (χ4v) is 4.44. The molecule has 1 saturated heterocycles. The van der Waals surface area contributed by atoms with Crippen LogP contribution in [0.3, 0.4) is 0 Å². The molecule has 0 amide bonds. The van der Waals surface area contributed by atoms with Crippen LogP contribution in [-0.4, -0.2) is 42.2 Å². The summed E-state index contributed by atoms with van der Waals surface area (Å²) in [6.45, 7) is 3.38. The van der Waals surface area contributed by atoms with E-state index >= 15 is 0 Å². The van der Waals surface area contributed by atoms with Crippen LogP contribution in [0.15, 0.2) is 35.5 Å².